The number of rotatable bonds is 1. The highest BCUT2D eigenvalue weighted by molar-refractivity contribution is 9.10. The number of furan rings is 1. The van der Waals surface area contributed by atoms with Crippen LogP contribution in [0.3, 0.4) is 0 Å². The number of halogens is 4. The molecule has 132 valence electrons. The van der Waals surface area contributed by atoms with Crippen LogP contribution in [-0.4, -0.2) is 29.6 Å². The summed E-state index contributed by atoms with van der Waals surface area (Å²) in [7, 11) is 0. The molecule has 0 aliphatic carbocycles. The Balaban J connectivity index is 2.01. The van der Waals surface area contributed by atoms with Crippen LogP contribution in [0, 0.1) is 11.8 Å². The fraction of sp³-hybridized carbons (Fsp3) is 0.389. The van der Waals surface area contributed by atoms with Crippen LogP contribution in [-0.2, 0) is 17.6 Å². The Morgan fingerprint density at radius 1 is 1.44 bits per heavy atom. The first-order valence-corrected chi connectivity index (χ1v) is 8.57. The van der Waals surface area contributed by atoms with Gasteiger partial charge >= 0.3 is 12.1 Å². The van der Waals surface area contributed by atoms with Gasteiger partial charge in [0.25, 0.3) is 0 Å². The number of benzene rings is 1. The molecule has 0 saturated heterocycles. The summed E-state index contributed by atoms with van der Waals surface area (Å²) in [6.45, 7) is 1.61. The summed E-state index contributed by atoms with van der Waals surface area (Å²) < 4.78 is 45.6. The third-order valence-corrected chi connectivity index (χ3v) is 4.81. The molecule has 3 rings (SSSR count). The lowest BCUT2D eigenvalue weighted by Crippen LogP contribution is -2.47. The van der Waals surface area contributed by atoms with Crippen molar-refractivity contribution in [3.8, 4) is 11.8 Å². The van der Waals surface area contributed by atoms with Crippen LogP contribution >= 0.6 is 15.9 Å². The first-order valence-electron chi connectivity index (χ1n) is 7.78. The van der Waals surface area contributed by atoms with Crippen molar-refractivity contribution >= 4 is 32.8 Å². The van der Waals surface area contributed by atoms with E-state index in [4.69, 9.17) is 4.42 Å². The normalized spacial score (nSPS) is 17.6. The van der Waals surface area contributed by atoms with Crippen molar-refractivity contribution in [3.05, 3.63) is 34.0 Å². The van der Waals surface area contributed by atoms with Gasteiger partial charge in [-0.1, -0.05) is 15.9 Å². The second-order valence-electron chi connectivity index (χ2n) is 5.88. The van der Waals surface area contributed by atoms with Gasteiger partial charge in [-0.2, -0.15) is 13.2 Å². The predicted molar refractivity (Wildman–Crippen MR) is 90.9 cm³/mol. The van der Waals surface area contributed by atoms with E-state index in [0.717, 1.165) is 20.3 Å². The predicted octanol–water partition coefficient (Wildman–Crippen LogP) is 4.47. The molecule has 3 nitrogen and oxygen atoms in total. The maximum atomic E-state index is 13.0. The number of fused-ring (bicyclic) bond motifs is 3. The molecule has 25 heavy (non-hydrogen) atoms. The van der Waals surface area contributed by atoms with Crippen LogP contribution in [0.5, 0.6) is 0 Å². The summed E-state index contributed by atoms with van der Waals surface area (Å²) in [4.78, 5) is 12.7. The van der Waals surface area contributed by atoms with E-state index in [1.54, 1.807) is 6.92 Å². The zero-order chi connectivity index (χ0) is 18.2. The Hall–Kier alpha value is -1.94. The molecule has 0 fully saturated rings. The monoisotopic (exact) mass is 413 g/mol. The Labute approximate surface area is 151 Å². The van der Waals surface area contributed by atoms with Crippen LogP contribution in [0.2, 0.25) is 0 Å². The molecule has 1 aromatic heterocycles. The zero-order valence-corrected chi connectivity index (χ0v) is 15.0. The van der Waals surface area contributed by atoms with E-state index in [1.165, 1.54) is 0 Å². The molecule has 1 unspecified atom stereocenters. The van der Waals surface area contributed by atoms with Crippen molar-refractivity contribution in [1.82, 2.24) is 4.90 Å². The lowest BCUT2D eigenvalue weighted by Gasteiger charge is -2.29. The van der Waals surface area contributed by atoms with Crippen molar-refractivity contribution in [1.29, 1.82) is 0 Å². The van der Waals surface area contributed by atoms with E-state index < -0.39 is 18.1 Å². The average molecular weight is 414 g/mol. The van der Waals surface area contributed by atoms with Gasteiger partial charge in [-0.05, 0) is 31.5 Å². The third-order valence-electron chi connectivity index (χ3n) is 4.32. The van der Waals surface area contributed by atoms with Crippen molar-refractivity contribution in [2.75, 3.05) is 6.54 Å². The molecule has 1 amide bonds. The minimum Gasteiger partial charge on any atom is -0.461 e. The average Bonchev–Trinajstić information content (AvgIpc) is 2.77. The smallest absolute Gasteiger partial charge is 0.461 e. The molecule has 2 aromatic rings. The second-order valence-corrected chi connectivity index (χ2v) is 6.80. The molecule has 1 aliphatic rings. The van der Waals surface area contributed by atoms with Crippen LogP contribution in [0.15, 0.2) is 27.1 Å². The topological polar surface area (TPSA) is 33.5 Å². The Morgan fingerprint density at radius 3 is 2.88 bits per heavy atom. The van der Waals surface area contributed by atoms with Crippen LogP contribution in [0.25, 0.3) is 11.0 Å². The summed E-state index contributed by atoms with van der Waals surface area (Å²) in [5.74, 6) is 4.30. The van der Waals surface area contributed by atoms with Gasteiger partial charge in [0.05, 0.1) is 0 Å². The molecule has 0 spiro atoms. The summed E-state index contributed by atoms with van der Waals surface area (Å²) >= 11 is 3.40. The number of carbonyl (C=O) groups excluding carboxylic acids is 1. The number of hydrogen-bond donors (Lipinski definition) is 0. The highest BCUT2D eigenvalue weighted by Crippen LogP contribution is 2.34. The van der Waals surface area contributed by atoms with E-state index in [0.29, 0.717) is 17.8 Å². The van der Waals surface area contributed by atoms with Crippen molar-refractivity contribution in [3.63, 3.8) is 0 Å². The highest BCUT2D eigenvalue weighted by Gasteiger charge is 2.45. The maximum absolute atomic E-state index is 13.0. The van der Waals surface area contributed by atoms with Crippen molar-refractivity contribution < 1.29 is 22.4 Å². The van der Waals surface area contributed by atoms with Gasteiger partial charge in [0.15, 0.2) is 0 Å². The third kappa shape index (κ3) is 3.54. The lowest BCUT2D eigenvalue weighted by atomic mass is 10.0. The summed E-state index contributed by atoms with van der Waals surface area (Å²) in [5.41, 5.74) is 1.56. The van der Waals surface area contributed by atoms with E-state index in [9.17, 15) is 18.0 Å². The molecule has 0 saturated carbocycles. The van der Waals surface area contributed by atoms with Crippen molar-refractivity contribution in [2.45, 2.75) is 38.4 Å². The second kappa shape index (κ2) is 6.75. The summed E-state index contributed by atoms with van der Waals surface area (Å²) in [6.07, 6.45) is -4.18. The summed E-state index contributed by atoms with van der Waals surface area (Å²) in [6, 6.07) is 4.91. The summed E-state index contributed by atoms with van der Waals surface area (Å²) in [5, 5.41) is 0.867. The van der Waals surface area contributed by atoms with E-state index in [1.807, 2.05) is 18.2 Å². The largest absolute Gasteiger partial charge is 0.471 e. The number of amides is 1. The number of alkyl halides is 3. The van der Waals surface area contributed by atoms with Crippen LogP contribution < -0.4 is 0 Å². The first kappa shape index (κ1) is 17.9. The van der Waals surface area contributed by atoms with Gasteiger partial charge in [0.1, 0.15) is 11.3 Å². The lowest BCUT2D eigenvalue weighted by molar-refractivity contribution is -0.187. The zero-order valence-electron chi connectivity index (χ0n) is 13.4. The van der Waals surface area contributed by atoms with Crippen LogP contribution in [0.4, 0.5) is 13.2 Å². The molecule has 7 heteroatoms. The molecule has 1 aliphatic heterocycles. The van der Waals surface area contributed by atoms with E-state index >= 15 is 0 Å². The van der Waals surface area contributed by atoms with Crippen LogP contribution in [0.1, 0.15) is 24.7 Å². The minimum absolute atomic E-state index is 0.0114. The van der Waals surface area contributed by atoms with Gasteiger partial charge in [-0.3, -0.25) is 4.79 Å². The molecule has 1 aromatic carbocycles. The maximum Gasteiger partial charge on any atom is 0.471 e. The van der Waals surface area contributed by atoms with Crippen molar-refractivity contribution in [2.24, 2.45) is 0 Å². The molecule has 0 bridgehead atoms. The van der Waals surface area contributed by atoms with Gasteiger partial charge in [0, 0.05) is 40.9 Å². The highest BCUT2D eigenvalue weighted by atomic mass is 79.9. The van der Waals surface area contributed by atoms with Gasteiger partial charge < -0.3 is 9.32 Å². The number of carbonyl (C=O) groups is 1. The minimum atomic E-state index is -4.89. The molecule has 0 radical (unpaired) electrons. The molecular formula is C18H15BrF3NO2. The number of hydrogen-bond acceptors (Lipinski definition) is 2. The fourth-order valence-electron chi connectivity index (χ4n) is 3.18. The molecule has 0 N–H and O–H groups in total. The van der Waals surface area contributed by atoms with E-state index in [2.05, 4.69) is 27.8 Å². The van der Waals surface area contributed by atoms with Gasteiger partial charge in [-0.15, -0.1) is 11.8 Å². The molecule has 1 atom stereocenters. The Morgan fingerprint density at radius 2 is 2.20 bits per heavy atom. The molecular weight excluding hydrogens is 399 g/mol. The SMILES string of the molecule is CC#CCC1Cc2oc3ccc(Br)cc3c2CCN1C(=O)C(F)(F)F. The molecule has 2 heterocycles. The quantitative estimate of drug-likeness (QED) is 0.646. The fourth-order valence-corrected chi connectivity index (χ4v) is 3.54. The first-order chi connectivity index (χ1) is 11.8. The standard InChI is InChI=1S/C18H15BrF3NO2/c1-2-3-4-12-10-16-13(7-8-23(12)17(24)18(20,21)22)14-9-11(19)5-6-15(14)25-16/h5-6,9,12H,4,7-8,10H2,1H3. The van der Waals surface area contributed by atoms with E-state index in [-0.39, 0.29) is 19.4 Å². The van der Waals surface area contributed by atoms with Gasteiger partial charge in [-0.25, -0.2) is 0 Å². The Bertz CT molecular complexity index is 876. The van der Waals surface area contributed by atoms with Gasteiger partial charge in [0.2, 0.25) is 0 Å². The number of nitrogens with zero attached hydrogens (tertiary/aromatic N) is 1. The Kier molecular flexibility index (Phi) is 4.83.